The Morgan fingerprint density at radius 3 is 2.57 bits per heavy atom. The van der Waals surface area contributed by atoms with E-state index >= 15 is 0 Å². The van der Waals surface area contributed by atoms with Gasteiger partial charge in [0.25, 0.3) is 11.8 Å². The Morgan fingerprint density at radius 1 is 1.17 bits per heavy atom. The number of carbonyl (C=O) groups is 4. The van der Waals surface area contributed by atoms with E-state index < -0.39 is 11.8 Å². The van der Waals surface area contributed by atoms with Crippen molar-refractivity contribution in [3.63, 3.8) is 0 Å². The standard InChI is InChI=1S/C15H16N4O4/c20-10-17-6-8-18(9-7-17)12(21)3-5-19-14(22)11-2-1-4-16-13(11)15(19)23/h1-2,4,10H,3,5-9H2. The average Bonchev–Trinajstić information content (AvgIpc) is 2.84. The summed E-state index contributed by atoms with van der Waals surface area (Å²) in [6.07, 6.45) is 2.31. The zero-order valence-corrected chi connectivity index (χ0v) is 12.5. The molecule has 2 aliphatic heterocycles. The van der Waals surface area contributed by atoms with Gasteiger partial charge in [0.15, 0.2) is 0 Å². The Hall–Kier alpha value is -2.77. The first-order valence-electron chi connectivity index (χ1n) is 7.40. The monoisotopic (exact) mass is 316 g/mol. The van der Waals surface area contributed by atoms with E-state index in [4.69, 9.17) is 0 Å². The van der Waals surface area contributed by atoms with Crippen LogP contribution in [0.2, 0.25) is 0 Å². The van der Waals surface area contributed by atoms with E-state index in [1.54, 1.807) is 21.9 Å². The highest BCUT2D eigenvalue weighted by Crippen LogP contribution is 2.20. The molecule has 0 atom stereocenters. The summed E-state index contributed by atoms with van der Waals surface area (Å²) in [5, 5.41) is 0. The molecule has 120 valence electrons. The number of fused-ring (bicyclic) bond motifs is 1. The maximum Gasteiger partial charge on any atom is 0.280 e. The summed E-state index contributed by atoms with van der Waals surface area (Å²) in [6.45, 7) is 2.00. The molecule has 8 nitrogen and oxygen atoms in total. The highest BCUT2D eigenvalue weighted by Gasteiger charge is 2.36. The van der Waals surface area contributed by atoms with Crippen molar-refractivity contribution in [2.45, 2.75) is 6.42 Å². The normalized spacial score (nSPS) is 17.5. The topological polar surface area (TPSA) is 90.9 Å². The molecule has 0 unspecified atom stereocenters. The minimum absolute atomic E-state index is 0.0424. The number of hydrogen-bond donors (Lipinski definition) is 0. The summed E-state index contributed by atoms with van der Waals surface area (Å²) in [5.41, 5.74) is 0.425. The summed E-state index contributed by atoms with van der Waals surface area (Å²) in [6, 6.07) is 3.16. The molecule has 0 N–H and O–H groups in total. The van der Waals surface area contributed by atoms with E-state index in [0.29, 0.717) is 26.2 Å². The van der Waals surface area contributed by atoms with Crippen molar-refractivity contribution in [1.29, 1.82) is 0 Å². The molecule has 23 heavy (non-hydrogen) atoms. The summed E-state index contributed by atoms with van der Waals surface area (Å²) in [5.74, 6) is -0.985. The van der Waals surface area contributed by atoms with E-state index in [9.17, 15) is 19.2 Å². The zero-order chi connectivity index (χ0) is 16.4. The SMILES string of the molecule is O=CN1CCN(C(=O)CCN2C(=O)c3cccnc3C2=O)CC1. The lowest BCUT2D eigenvalue weighted by Crippen LogP contribution is -2.48. The van der Waals surface area contributed by atoms with Gasteiger partial charge in [-0.05, 0) is 12.1 Å². The van der Waals surface area contributed by atoms with Crippen LogP contribution in [0.1, 0.15) is 27.3 Å². The largest absolute Gasteiger partial charge is 0.342 e. The van der Waals surface area contributed by atoms with Crippen LogP contribution in [0.4, 0.5) is 0 Å². The molecule has 0 saturated carbocycles. The maximum atomic E-state index is 12.2. The third kappa shape index (κ3) is 2.79. The van der Waals surface area contributed by atoms with Gasteiger partial charge in [-0.15, -0.1) is 0 Å². The molecule has 4 amide bonds. The third-order valence-electron chi connectivity index (χ3n) is 4.10. The number of hydrogen-bond acceptors (Lipinski definition) is 5. The van der Waals surface area contributed by atoms with E-state index in [1.165, 1.54) is 6.20 Å². The molecule has 1 saturated heterocycles. The van der Waals surface area contributed by atoms with Crippen LogP contribution >= 0.6 is 0 Å². The number of nitrogens with zero attached hydrogens (tertiary/aromatic N) is 4. The van der Waals surface area contributed by atoms with Gasteiger partial charge in [0.05, 0.1) is 5.56 Å². The van der Waals surface area contributed by atoms with Crippen molar-refractivity contribution in [3.05, 3.63) is 29.6 Å². The Labute approximate surface area is 132 Å². The Bertz CT molecular complexity index is 632. The third-order valence-corrected chi connectivity index (χ3v) is 4.10. The second kappa shape index (κ2) is 6.15. The molecule has 0 bridgehead atoms. The number of aromatic nitrogens is 1. The van der Waals surface area contributed by atoms with Crippen molar-refractivity contribution in [3.8, 4) is 0 Å². The predicted molar refractivity (Wildman–Crippen MR) is 78.4 cm³/mol. The van der Waals surface area contributed by atoms with Gasteiger partial charge in [0.2, 0.25) is 12.3 Å². The van der Waals surface area contributed by atoms with Gasteiger partial charge in [-0.3, -0.25) is 29.1 Å². The van der Waals surface area contributed by atoms with E-state index in [-0.39, 0.29) is 30.1 Å². The van der Waals surface area contributed by atoms with E-state index in [1.807, 2.05) is 0 Å². The number of carbonyl (C=O) groups excluding carboxylic acids is 4. The molecule has 1 fully saturated rings. The molecule has 3 heterocycles. The van der Waals surface area contributed by atoms with Gasteiger partial charge in [-0.25, -0.2) is 0 Å². The van der Waals surface area contributed by atoms with Crippen LogP contribution in [0.5, 0.6) is 0 Å². The molecule has 2 aliphatic rings. The Balaban J connectivity index is 1.57. The zero-order valence-electron chi connectivity index (χ0n) is 12.5. The first kappa shape index (κ1) is 15.1. The lowest BCUT2D eigenvalue weighted by atomic mass is 10.2. The lowest BCUT2D eigenvalue weighted by molar-refractivity contribution is -0.135. The van der Waals surface area contributed by atoms with Gasteiger partial charge in [0, 0.05) is 45.3 Å². The Kier molecular flexibility index (Phi) is 4.05. The smallest absolute Gasteiger partial charge is 0.280 e. The molecule has 3 rings (SSSR count). The average molecular weight is 316 g/mol. The van der Waals surface area contributed by atoms with Crippen molar-refractivity contribution >= 4 is 24.1 Å². The highest BCUT2D eigenvalue weighted by molar-refractivity contribution is 6.20. The van der Waals surface area contributed by atoms with Gasteiger partial charge < -0.3 is 9.80 Å². The number of imide groups is 1. The van der Waals surface area contributed by atoms with Crippen molar-refractivity contribution in [1.82, 2.24) is 19.7 Å². The fourth-order valence-corrected chi connectivity index (χ4v) is 2.76. The molecule has 1 aromatic heterocycles. The van der Waals surface area contributed by atoms with Gasteiger partial charge in [-0.2, -0.15) is 0 Å². The van der Waals surface area contributed by atoms with Crippen LogP contribution in [0.15, 0.2) is 18.3 Å². The summed E-state index contributed by atoms with van der Waals surface area (Å²) >= 11 is 0. The molecular formula is C15H16N4O4. The van der Waals surface area contributed by atoms with Crippen LogP contribution in [-0.2, 0) is 9.59 Å². The summed E-state index contributed by atoms with van der Waals surface area (Å²) in [7, 11) is 0. The molecule has 1 aromatic rings. The lowest BCUT2D eigenvalue weighted by Gasteiger charge is -2.32. The van der Waals surface area contributed by atoms with E-state index in [0.717, 1.165) is 11.3 Å². The minimum atomic E-state index is -0.454. The predicted octanol–water partition coefficient (Wildman–Crippen LogP) is -0.632. The van der Waals surface area contributed by atoms with Crippen molar-refractivity contribution in [2.75, 3.05) is 32.7 Å². The van der Waals surface area contributed by atoms with Crippen LogP contribution < -0.4 is 0 Å². The molecule has 0 aliphatic carbocycles. The first-order chi connectivity index (χ1) is 11.1. The van der Waals surface area contributed by atoms with Gasteiger partial charge >= 0.3 is 0 Å². The first-order valence-corrected chi connectivity index (χ1v) is 7.40. The number of rotatable bonds is 4. The quantitative estimate of drug-likeness (QED) is 0.545. The van der Waals surface area contributed by atoms with Crippen molar-refractivity contribution < 1.29 is 19.2 Å². The van der Waals surface area contributed by atoms with Crippen LogP contribution in [0, 0.1) is 0 Å². The molecule has 0 spiro atoms. The maximum absolute atomic E-state index is 12.2. The fraction of sp³-hybridized carbons (Fsp3) is 0.400. The second-order valence-electron chi connectivity index (χ2n) is 5.43. The minimum Gasteiger partial charge on any atom is -0.342 e. The molecule has 8 heteroatoms. The fourth-order valence-electron chi connectivity index (χ4n) is 2.76. The molecule has 0 radical (unpaired) electrons. The van der Waals surface area contributed by atoms with Gasteiger partial charge in [-0.1, -0.05) is 0 Å². The second-order valence-corrected chi connectivity index (χ2v) is 5.43. The van der Waals surface area contributed by atoms with Crippen LogP contribution in [0.3, 0.4) is 0 Å². The van der Waals surface area contributed by atoms with Crippen LogP contribution in [0.25, 0.3) is 0 Å². The number of piperazine rings is 1. The number of pyridine rings is 1. The van der Waals surface area contributed by atoms with Gasteiger partial charge in [0.1, 0.15) is 5.69 Å². The van der Waals surface area contributed by atoms with Crippen LogP contribution in [-0.4, -0.2) is 76.5 Å². The molecule has 0 aromatic carbocycles. The Morgan fingerprint density at radius 2 is 1.91 bits per heavy atom. The highest BCUT2D eigenvalue weighted by atomic mass is 16.2. The molecular weight excluding hydrogens is 300 g/mol. The number of amides is 4. The van der Waals surface area contributed by atoms with E-state index in [2.05, 4.69) is 4.98 Å². The van der Waals surface area contributed by atoms with Crippen molar-refractivity contribution in [2.24, 2.45) is 0 Å². The summed E-state index contributed by atoms with van der Waals surface area (Å²) < 4.78 is 0. The summed E-state index contributed by atoms with van der Waals surface area (Å²) in [4.78, 5) is 55.4.